The molecule has 0 radical (unpaired) electrons. The van der Waals surface area contributed by atoms with Crippen LogP contribution in [0.3, 0.4) is 0 Å². The van der Waals surface area contributed by atoms with Gasteiger partial charge in [-0.1, -0.05) is 36.2 Å². The van der Waals surface area contributed by atoms with E-state index in [0.717, 1.165) is 10.9 Å². The Balaban J connectivity index is 2.81. The molecule has 3 N–H and O–H groups in total. The molecule has 1 aromatic rings. The molecule has 1 amide bonds. The first-order valence-corrected chi connectivity index (χ1v) is 7.66. The van der Waals surface area contributed by atoms with E-state index < -0.39 is 6.04 Å². The van der Waals surface area contributed by atoms with Crippen molar-refractivity contribution < 1.29 is 9.53 Å². The van der Waals surface area contributed by atoms with Crippen molar-refractivity contribution in [2.24, 2.45) is 11.7 Å². The third kappa shape index (κ3) is 5.13. The quantitative estimate of drug-likeness (QED) is 0.830. The summed E-state index contributed by atoms with van der Waals surface area (Å²) in [4.78, 5) is 12.1. The minimum absolute atomic E-state index is 0.0789. The Morgan fingerprint density at radius 3 is 2.55 bits per heavy atom. The summed E-state index contributed by atoms with van der Waals surface area (Å²) < 4.78 is 6.48. The normalized spacial score (nSPS) is 13.9. The molecule has 0 spiro atoms. The lowest BCUT2D eigenvalue weighted by Crippen LogP contribution is -2.40. The Kier molecular flexibility index (Phi) is 6.49. The molecule has 0 aliphatic rings. The number of hydrogen-bond acceptors (Lipinski definition) is 3. The molecule has 112 valence electrons. The van der Waals surface area contributed by atoms with Gasteiger partial charge in [-0.15, -0.1) is 0 Å². The van der Waals surface area contributed by atoms with Gasteiger partial charge >= 0.3 is 0 Å². The molecule has 20 heavy (non-hydrogen) atoms. The number of rotatable bonds is 6. The van der Waals surface area contributed by atoms with Gasteiger partial charge in [-0.2, -0.15) is 0 Å². The summed E-state index contributed by atoms with van der Waals surface area (Å²) in [6.07, 6.45) is 0.949. The standard InChI is InChI=1S/C15H23BrN2O2/c1-5-10(4)14(17)15(19)18-12-6-11(16)7-13(8-12)20-9(2)3/h6-10,14H,5,17H2,1-4H3,(H,18,19). The van der Waals surface area contributed by atoms with Gasteiger partial charge in [0.15, 0.2) is 0 Å². The molecule has 2 atom stereocenters. The molecule has 2 unspecified atom stereocenters. The maximum atomic E-state index is 12.1. The van der Waals surface area contributed by atoms with Crippen molar-refractivity contribution in [1.29, 1.82) is 0 Å². The van der Waals surface area contributed by atoms with Gasteiger partial charge in [-0.25, -0.2) is 0 Å². The smallest absolute Gasteiger partial charge is 0.241 e. The van der Waals surface area contributed by atoms with Crippen LogP contribution in [0.15, 0.2) is 22.7 Å². The molecule has 0 heterocycles. The van der Waals surface area contributed by atoms with Crippen molar-refractivity contribution in [1.82, 2.24) is 0 Å². The van der Waals surface area contributed by atoms with E-state index in [1.54, 1.807) is 6.07 Å². The summed E-state index contributed by atoms with van der Waals surface area (Å²) in [5.74, 6) is 0.684. The average molecular weight is 343 g/mol. The molecule has 0 aromatic heterocycles. The van der Waals surface area contributed by atoms with Gasteiger partial charge in [0.05, 0.1) is 12.1 Å². The van der Waals surface area contributed by atoms with Crippen LogP contribution in [0, 0.1) is 5.92 Å². The van der Waals surface area contributed by atoms with Gasteiger partial charge in [0.25, 0.3) is 0 Å². The fraction of sp³-hybridized carbons (Fsp3) is 0.533. The molecule has 0 aliphatic heterocycles. The van der Waals surface area contributed by atoms with Gasteiger partial charge in [0.2, 0.25) is 5.91 Å². The molecule has 1 rings (SSSR count). The van der Waals surface area contributed by atoms with Crippen LogP contribution < -0.4 is 15.8 Å². The summed E-state index contributed by atoms with van der Waals surface area (Å²) in [5.41, 5.74) is 6.60. The molecule has 4 nitrogen and oxygen atoms in total. The fourth-order valence-corrected chi connectivity index (χ4v) is 2.19. The van der Waals surface area contributed by atoms with Gasteiger partial charge in [-0.05, 0) is 31.9 Å². The fourth-order valence-electron chi connectivity index (χ4n) is 1.71. The Morgan fingerprint density at radius 1 is 1.35 bits per heavy atom. The highest BCUT2D eigenvalue weighted by Crippen LogP contribution is 2.26. The summed E-state index contributed by atoms with van der Waals surface area (Å²) in [5, 5.41) is 2.84. The summed E-state index contributed by atoms with van der Waals surface area (Å²) in [7, 11) is 0. The van der Waals surface area contributed by atoms with Crippen LogP contribution in [0.25, 0.3) is 0 Å². The van der Waals surface area contributed by atoms with Crippen LogP contribution in [0.2, 0.25) is 0 Å². The van der Waals surface area contributed by atoms with Crippen LogP contribution in [0.1, 0.15) is 34.1 Å². The second-order valence-electron chi connectivity index (χ2n) is 5.24. The van der Waals surface area contributed by atoms with E-state index in [1.165, 1.54) is 0 Å². The van der Waals surface area contributed by atoms with Crippen molar-refractivity contribution in [3.8, 4) is 5.75 Å². The zero-order chi connectivity index (χ0) is 15.3. The number of amides is 1. The molecule has 0 saturated heterocycles. The highest BCUT2D eigenvalue weighted by Gasteiger charge is 2.19. The van der Waals surface area contributed by atoms with Crippen molar-refractivity contribution in [3.63, 3.8) is 0 Å². The molecular weight excluding hydrogens is 320 g/mol. The highest BCUT2D eigenvalue weighted by atomic mass is 79.9. The maximum Gasteiger partial charge on any atom is 0.241 e. The minimum atomic E-state index is -0.506. The molecule has 0 fully saturated rings. The first-order valence-electron chi connectivity index (χ1n) is 6.87. The van der Waals surface area contributed by atoms with E-state index in [4.69, 9.17) is 10.5 Å². The number of benzene rings is 1. The van der Waals surface area contributed by atoms with Crippen LogP contribution in [-0.2, 0) is 4.79 Å². The number of ether oxygens (including phenoxy) is 1. The number of anilines is 1. The third-order valence-corrected chi connectivity index (χ3v) is 3.53. The monoisotopic (exact) mass is 342 g/mol. The number of nitrogens with two attached hydrogens (primary N) is 1. The van der Waals surface area contributed by atoms with Gasteiger partial charge in [-0.3, -0.25) is 4.79 Å². The lowest BCUT2D eigenvalue weighted by atomic mass is 9.99. The summed E-state index contributed by atoms with van der Waals surface area (Å²) in [6, 6.07) is 4.98. The van der Waals surface area contributed by atoms with Crippen molar-refractivity contribution in [2.45, 2.75) is 46.3 Å². The highest BCUT2D eigenvalue weighted by molar-refractivity contribution is 9.10. The van der Waals surface area contributed by atoms with E-state index in [9.17, 15) is 4.79 Å². The summed E-state index contributed by atoms with van der Waals surface area (Å²) in [6.45, 7) is 7.90. The molecule has 0 aliphatic carbocycles. The Morgan fingerprint density at radius 2 is 2.00 bits per heavy atom. The number of halogens is 1. The van der Waals surface area contributed by atoms with Crippen molar-refractivity contribution in [2.75, 3.05) is 5.32 Å². The van der Waals surface area contributed by atoms with Crippen molar-refractivity contribution in [3.05, 3.63) is 22.7 Å². The zero-order valence-corrected chi connectivity index (χ0v) is 14.0. The SMILES string of the molecule is CCC(C)C(N)C(=O)Nc1cc(Br)cc(OC(C)C)c1. The summed E-state index contributed by atoms with van der Waals surface area (Å²) >= 11 is 3.41. The molecule has 0 bridgehead atoms. The first-order chi connectivity index (χ1) is 9.33. The van der Waals surface area contributed by atoms with E-state index in [2.05, 4.69) is 21.2 Å². The first kappa shape index (κ1) is 17.0. The number of hydrogen-bond donors (Lipinski definition) is 2. The third-order valence-electron chi connectivity index (χ3n) is 3.07. The number of carbonyl (C=O) groups is 1. The zero-order valence-electron chi connectivity index (χ0n) is 12.4. The van der Waals surface area contributed by atoms with Gasteiger partial charge in [0.1, 0.15) is 5.75 Å². The molecule has 1 aromatic carbocycles. The second kappa shape index (κ2) is 7.64. The van der Waals surface area contributed by atoms with Crippen LogP contribution >= 0.6 is 15.9 Å². The van der Waals surface area contributed by atoms with Gasteiger partial charge < -0.3 is 15.8 Å². The largest absolute Gasteiger partial charge is 0.491 e. The van der Waals surface area contributed by atoms with E-state index in [0.29, 0.717) is 11.4 Å². The van der Waals surface area contributed by atoms with E-state index >= 15 is 0 Å². The van der Waals surface area contributed by atoms with Crippen LogP contribution in [0.5, 0.6) is 5.75 Å². The Bertz CT molecular complexity index is 463. The lowest BCUT2D eigenvalue weighted by Gasteiger charge is -2.18. The predicted octanol–water partition coefficient (Wildman–Crippen LogP) is 3.55. The topological polar surface area (TPSA) is 64.4 Å². The molecule has 0 saturated carbocycles. The predicted molar refractivity (Wildman–Crippen MR) is 86.0 cm³/mol. The second-order valence-corrected chi connectivity index (χ2v) is 6.16. The molecule has 5 heteroatoms. The minimum Gasteiger partial charge on any atom is -0.491 e. The van der Waals surface area contributed by atoms with Crippen LogP contribution in [-0.4, -0.2) is 18.1 Å². The van der Waals surface area contributed by atoms with Gasteiger partial charge in [0, 0.05) is 16.2 Å². The average Bonchev–Trinajstić information content (AvgIpc) is 2.35. The number of carbonyl (C=O) groups excluding carboxylic acids is 1. The maximum absolute atomic E-state index is 12.1. The van der Waals surface area contributed by atoms with E-state index in [-0.39, 0.29) is 17.9 Å². The lowest BCUT2D eigenvalue weighted by molar-refractivity contribution is -0.118. The number of nitrogens with one attached hydrogen (secondary N) is 1. The van der Waals surface area contributed by atoms with Crippen molar-refractivity contribution >= 4 is 27.5 Å². The molecular formula is C15H23BrN2O2. The van der Waals surface area contributed by atoms with E-state index in [1.807, 2.05) is 39.8 Å². The Hall–Kier alpha value is -1.07. The Labute approximate surface area is 129 Å². The van der Waals surface area contributed by atoms with Crippen LogP contribution in [0.4, 0.5) is 5.69 Å².